The number of ketones is 1. The summed E-state index contributed by atoms with van der Waals surface area (Å²) in [6, 6.07) is 8.79. The highest BCUT2D eigenvalue weighted by Crippen LogP contribution is 2.22. The molecule has 1 aromatic carbocycles. The molecule has 100 valence electrons. The summed E-state index contributed by atoms with van der Waals surface area (Å²) in [6.45, 7) is 3.72. The third-order valence-electron chi connectivity index (χ3n) is 2.94. The van der Waals surface area contributed by atoms with Gasteiger partial charge in [0.25, 0.3) is 0 Å². The topological polar surface area (TPSA) is 65.0 Å². The molecule has 0 fully saturated rings. The molecule has 0 unspecified atom stereocenters. The van der Waals surface area contributed by atoms with Crippen molar-refractivity contribution >= 4 is 17.5 Å². The first kappa shape index (κ1) is 13.3. The van der Waals surface area contributed by atoms with Crippen LogP contribution in [0.3, 0.4) is 0 Å². The fraction of sp³-hybridized carbons (Fsp3) is 0.357. The summed E-state index contributed by atoms with van der Waals surface area (Å²) in [7, 11) is 0. The number of ether oxygens (including phenoxy) is 1. The predicted octanol–water partition coefficient (Wildman–Crippen LogP) is 1.82. The van der Waals surface area contributed by atoms with Gasteiger partial charge in [0.05, 0.1) is 12.5 Å². The zero-order valence-corrected chi connectivity index (χ0v) is 10.8. The van der Waals surface area contributed by atoms with Crippen LogP contribution in [-0.2, 0) is 14.4 Å². The Balaban J connectivity index is 2.12. The van der Waals surface area contributed by atoms with E-state index in [2.05, 4.69) is 5.16 Å². The zero-order valence-electron chi connectivity index (χ0n) is 10.8. The summed E-state index contributed by atoms with van der Waals surface area (Å²) in [4.78, 5) is 28.9. The lowest BCUT2D eigenvalue weighted by Gasteiger charge is -2.12. The van der Waals surface area contributed by atoms with E-state index in [1.54, 1.807) is 38.1 Å². The van der Waals surface area contributed by atoms with Gasteiger partial charge >= 0.3 is 5.97 Å². The van der Waals surface area contributed by atoms with E-state index in [1.165, 1.54) is 0 Å². The quantitative estimate of drug-likeness (QED) is 0.612. The van der Waals surface area contributed by atoms with E-state index in [0.717, 1.165) is 0 Å². The molecular weight excluding hydrogens is 246 g/mol. The summed E-state index contributed by atoms with van der Waals surface area (Å²) in [5.41, 5.74) is 0.783. The summed E-state index contributed by atoms with van der Waals surface area (Å²) >= 11 is 0. The van der Waals surface area contributed by atoms with Gasteiger partial charge in [-0.05, 0) is 6.92 Å². The van der Waals surface area contributed by atoms with Crippen molar-refractivity contribution < 1.29 is 19.2 Å². The molecule has 0 saturated heterocycles. The maximum Gasteiger partial charge on any atom is 0.350 e. The number of nitrogens with zero attached hydrogens (tertiary/aromatic N) is 1. The van der Waals surface area contributed by atoms with Crippen molar-refractivity contribution in [3.8, 4) is 0 Å². The standard InChI is InChI=1S/C14H15NO4/c1-3-18-14(17)13-9(2)11(15-19-13)12(16)10-7-5-4-6-8-10/h4-9,13H,3H2,1-2H3/t9-,13-/m1/s1. The Morgan fingerprint density at radius 3 is 2.63 bits per heavy atom. The second-order valence-corrected chi connectivity index (χ2v) is 4.24. The highest BCUT2D eigenvalue weighted by Gasteiger charge is 2.40. The smallest absolute Gasteiger partial charge is 0.350 e. The minimum absolute atomic E-state index is 0.222. The van der Waals surface area contributed by atoms with Crippen molar-refractivity contribution in [1.82, 2.24) is 0 Å². The van der Waals surface area contributed by atoms with Crippen LogP contribution in [0.1, 0.15) is 24.2 Å². The van der Waals surface area contributed by atoms with Crippen molar-refractivity contribution in [2.45, 2.75) is 20.0 Å². The second kappa shape index (κ2) is 5.65. The lowest BCUT2D eigenvalue weighted by Crippen LogP contribution is -2.33. The van der Waals surface area contributed by atoms with Crippen molar-refractivity contribution in [3.05, 3.63) is 35.9 Å². The van der Waals surface area contributed by atoms with Crippen LogP contribution in [0.25, 0.3) is 0 Å². The number of esters is 1. The van der Waals surface area contributed by atoms with Crippen LogP contribution >= 0.6 is 0 Å². The fourth-order valence-corrected chi connectivity index (χ4v) is 1.89. The maximum atomic E-state index is 12.2. The van der Waals surface area contributed by atoms with Crippen LogP contribution in [0.5, 0.6) is 0 Å². The molecule has 0 saturated carbocycles. The Kier molecular flexibility index (Phi) is 3.94. The van der Waals surface area contributed by atoms with Crippen molar-refractivity contribution in [2.24, 2.45) is 11.1 Å². The van der Waals surface area contributed by atoms with Crippen molar-refractivity contribution in [1.29, 1.82) is 0 Å². The summed E-state index contributed by atoms with van der Waals surface area (Å²) in [5, 5.41) is 3.74. The van der Waals surface area contributed by atoms with Crippen LogP contribution in [0.4, 0.5) is 0 Å². The molecule has 1 aliphatic rings. The van der Waals surface area contributed by atoms with Gasteiger partial charge in [0.1, 0.15) is 5.71 Å². The van der Waals surface area contributed by atoms with E-state index in [1.807, 2.05) is 6.07 Å². The van der Waals surface area contributed by atoms with Crippen LogP contribution in [0, 0.1) is 5.92 Å². The molecule has 0 bridgehead atoms. The van der Waals surface area contributed by atoms with Crippen LogP contribution in [0.2, 0.25) is 0 Å². The van der Waals surface area contributed by atoms with Crippen LogP contribution in [0.15, 0.2) is 35.5 Å². The van der Waals surface area contributed by atoms with Gasteiger partial charge in [-0.15, -0.1) is 0 Å². The lowest BCUT2D eigenvalue weighted by molar-refractivity contribution is -0.156. The first-order chi connectivity index (χ1) is 9.15. The Morgan fingerprint density at radius 2 is 2.00 bits per heavy atom. The number of oxime groups is 1. The van der Waals surface area contributed by atoms with E-state index in [4.69, 9.17) is 9.57 Å². The van der Waals surface area contributed by atoms with Gasteiger partial charge in [-0.2, -0.15) is 0 Å². The molecule has 1 aromatic rings. The monoisotopic (exact) mass is 261 g/mol. The SMILES string of the molecule is CCOC(=O)[C@@H]1ON=C(C(=O)c2ccccc2)[C@H]1C. The lowest BCUT2D eigenvalue weighted by atomic mass is 9.93. The second-order valence-electron chi connectivity index (χ2n) is 4.24. The maximum absolute atomic E-state index is 12.2. The Labute approximate surface area is 111 Å². The van der Waals surface area contributed by atoms with Crippen LogP contribution in [-0.4, -0.2) is 30.2 Å². The third kappa shape index (κ3) is 2.65. The van der Waals surface area contributed by atoms with E-state index in [-0.39, 0.29) is 18.1 Å². The molecule has 1 heterocycles. The van der Waals surface area contributed by atoms with Gasteiger partial charge in [0.15, 0.2) is 0 Å². The van der Waals surface area contributed by atoms with Crippen LogP contribution < -0.4 is 0 Å². The van der Waals surface area contributed by atoms with Crippen molar-refractivity contribution in [2.75, 3.05) is 6.61 Å². The number of carbonyl (C=O) groups is 2. The summed E-state index contributed by atoms with van der Waals surface area (Å²) in [6.07, 6.45) is -0.831. The molecule has 0 spiro atoms. The average molecular weight is 261 g/mol. The Hall–Kier alpha value is -2.17. The number of hydrogen-bond acceptors (Lipinski definition) is 5. The highest BCUT2D eigenvalue weighted by molar-refractivity contribution is 6.47. The highest BCUT2D eigenvalue weighted by atomic mass is 16.7. The van der Waals surface area contributed by atoms with Gasteiger partial charge in [-0.3, -0.25) is 4.79 Å². The Morgan fingerprint density at radius 1 is 1.32 bits per heavy atom. The number of benzene rings is 1. The van der Waals surface area contributed by atoms with Gasteiger partial charge in [0, 0.05) is 5.56 Å². The molecule has 0 radical (unpaired) electrons. The number of carbonyl (C=O) groups excluding carboxylic acids is 2. The van der Waals surface area contributed by atoms with E-state index in [9.17, 15) is 9.59 Å². The minimum Gasteiger partial charge on any atom is -0.463 e. The molecule has 1 aliphatic heterocycles. The van der Waals surface area contributed by atoms with Gasteiger partial charge in [-0.1, -0.05) is 42.4 Å². The number of rotatable bonds is 4. The number of hydrogen-bond donors (Lipinski definition) is 0. The van der Waals surface area contributed by atoms with Crippen molar-refractivity contribution in [3.63, 3.8) is 0 Å². The largest absolute Gasteiger partial charge is 0.463 e. The third-order valence-corrected chi connectivity index (χ3v) is 2.94. The normalized spacial score (nSPS) is 21.5. The first-order valence-corrected chi connectivity index (χ1v) is 6.15. The summed E-state index contributed by atoms with van der Waals surface area (Å²) in [5.74, 6) is -1.12. The predicted molar refractivity (Wildman–Crippen MR) is 68.9 cm³/mol. The molecule has 0 N–H and O–H groups in total. The molecule has 0 aliphatic carbocycles. The molecule has 0 aromatic heterocycles. The fourth-order valence-electron chi connectivity index (χ4n) is 1.89. The summed E-state index contributed by atoms with van der Waals surface area (Å²) < 4.78 is 4.88. The zero-order chi connectivity index (χ0) is 13.8. The van der Waals surface area contributed by atoms with E-state index < -0.39 is 18.0 Å². The average Bonchev–Trinajstić information content (AvgIpc) is 2.81. The van der Waals surface area contributed by atoms with Gasteiger partial charge in [-0.25, -0.2) is 4.79 Å². The minimum atomic E-state index is -0.831. The molecule has 5 heteroatoms. The Bertz CT molecular complexity index is 509. The molecule has 19 heavy (non-hydrogen) atoms. The molecule has 0 amide bonds. The van der Waals surface area contributed by atoms with Gasteiger partial charge in [0.2, 0.25) is 11.9 Å². The van der Waals surface area contributed by atoms with E-state index in [0.29, 0.717) is 5.56 Å². The first-order valence-electron chi connectivity index (χ1n) is 6.15. The van der Waals surface area contributed by atoms with Gasteiger partial charge < -0.3 is 9.57 Å². The molecule has 2 atom stereocenters. The molecule has 2 rings (SSSR count). The molecular formula is C14H15NO4. The van der Waals surface area contributed by atoms with E-state index >= 15 is 0 Å². The molecule has 5 nitrogen and oxygen atoms in total. The number of Topliss-reactive ketones (excluding diaryl/α,β-unsaturated/α-hetero) is 1.